The number of likely N-dealkylation sites (tertiary alicyclic amines) is 2. The van der Waals surface area contributed by atoms with Crippen LogP contribution in [0.25, 0.3) is 11.4 Å². The molecule has 2 aromatic heterocycles. The molecule has 2 saturated heterocycles. The van der Waals surface area contributed by atoms with E-state index in [4.69, 9.17) is 9.51 Å². The van der Waals surface area contributed by atoms with Gasteiger partial charge >= 0.3 is 0 Å². The molecule has 8 nitrogen and oxygen atoms in total. The summed E-state index contributed by atoms with van der Waals surface area (Å²) in [5, 5.41) is 16.8. The number of rotatable bonds is 6. The molecule has 1 N–H and O–H groups in total. The molecular formula is C30H39N5O3. The molecular weight excluding hydrogens is 478 g/mol. The van der Waals surface area contributed by atoms with Crippen LogP contribution in [0.5, 0.6) is 0 Å². The number of benzene rings is 1. The molecule has 2 aliphatic rings. The Morgan fingerprint density at radius 3 is 2.50 bits per heavy atom. The smallest absolute Gasteiger partial charge is 0.230 e. The third-order valence-corrected chi connectivity index (χ3v) is 8.63. The van der Waals surface area contributed by atoms with Crippen molar-refractivity contribution in [3.05, 3.63) is 65.3 Å². The average molecular weight is 518 g/mol. The molecule has 1 unspecified atom stereocenters. The van der Waals surface area contributed by atoms with Gasteiger partial charge in [-0.3, -0.25) is 9.78 Å². The zero-order chi connectivity index (χ0) is 27.2. The summed E-state index contributed by atoms with van der Waals surface area (Å²) in [5.41, 5.74) is 1.90. The molecule has 2 aliphatic heterocycles. The molecule has 3 atom stereocenters. The van der Waals surface area contributed by atoms with Crippen molar-refractivity contribution in [3.8, 4) is 11.4 Å². The molecule has 0 saturated carbocycles. The Morgan fingerprint density at radius 2 is 1.89 bits per heavy atom. The van der Waals surface area contributed by atoms with Crippen molar-refractivity contribution in [1.29, 1.82) is 0 Å². The van der Waals surface area contributed by atoms with Gasteiger partial charge in [0.1, 0.15) is 5.60 Å². The molecule has 0 bridgehead atoms. The van der Waals surface area contributed by atoms with E-state index in [2.05, 4.69) is 61.9 Å². The number of carbonyl (C=O) groups excluding carboxylic acids is 1. The van der Waals surface area contributed by atoms with Gasteiger partial charge in [-0.1, -0.05) is 57.1 Å². The summed E-state index contributed by atoms with van der Waals surface area (Å²) in [6.07, 6.45) is 4.26. The van der Waals surface area contributed by atoms with Gasteiger partial charge in [-0.2, -0.15) is 4.98 Å². The summed E-state index contributed by atoms with van der Waals surface area (Å²) in [5.74, 6) is 1.89. The Labute approximate surface area is 225 Å². The van der Waals surface area contributed by atoms with Gasteiger partial charge in [0.2, 0.25) is 17.6 Å². The van der Waals surface area contributed by atoms with Crippen molar-refractivity contribution < 1.29 is 14.4 Å². The third-order valence-electron chi connectivity index (χ3n) is 8.63. The van der Waals surface area contributed by atoms with Gasteiger partial charge in [0.25, 0.3) is 0 Å². The minimum atomic E-state index is -1.24. The van der Waals surface area contributed by atoms with Crippen LogP contribution in [0.1, 0.15) is 75.5 Å². The lowest BCUT2D eigenvalue weighted by Gasteiger charge is -2.55. The molecule has 0 spiro atoms. The molecule has 202 valence electrons. The van der Waals surface area contributed by atoms with Gasteiger partial charge in [0.15, 0.2) is 0 Å². The fourth-order valence-electron chi connectivity index (χ4n) is 6.41. The molecule has 38 heavy (non-hydrogen) atoms. The first-order valence-electron chi connectivity index (χ1n) is 13.6. The molecule has 0 aliphatic carbocycles. The van der Waals surface area contributed by atoms with Crippen LogP contribution in [-0.4, -0.2) is 69.2 Å². The van der Waals surface area contributed by atoms with Crippen LogP contribution in [0.2, 0.25) is 0 Å². The van der Waals surface area contributed by atoms with E-state index in [9.17, 15) is 9.90 Å². The third kappa shape index (κ3) is 4.54. The topological polar surface area (TPSA) is 95.6 Å². The first-order valence-corrected chi connectivity index (χ1v) is 13.6. The van der Waals surface area contributed by atoms with Crippen LogP contribution in [0.4, 0.5) is 0 Å². The summed E-state index contributed by atoms with van der Waals surface area (Å²) >= 11 is 0. The number of nitrogens with zero attached hydrogens (tertiary/aromatic N) is 5. The van der Waals surface area contributed by atoms with Crippen LogP contribution in [0.3, 0.4) is 0 Å². The zero-order valence-electron chi connectivity index (χ0n) is 23.3. The van der Waals surface area contributed by atoms with E-state index in [1.807, 2.05) is 23.1 Å². The Kier molecular flexibility index (Phi) is 6.90. The predicted molar refractivity (Wildman–Crippen MR) is 145 cm³/mol. The quantitative estimate of drug-likeness (QED) is 0.517. The monoisotopic (exact) mass is 517 g/mol. The van der Waals surface area contributed by atoms with E-state index < -0.39 is 5.60 Å². The van der Waals surface area contributed by atoms with Crippen molar-refractivity contribution in [2.24, 2.45) is 11.3 Å². The highest BCUT2D eigenvalue weighted by atomic mass is 16.5. The minimum Gasteiger partial charge on any atom is -0.380 e. The van der Waals surface area contributed by atoms with Crippen molar-refractivity contribution >= 4 is 5.91 Å². The first kappa shape index (κ1) is 26.5. The molecule has 4 heterocycles. The standard InChI is InChI=1S/C30H39N5O3/c1-19(2)22-7-9-24(10-8-22)30(37,29(5)17-34(6)18-29)25-13-23(14-31-15-25)27-32-28(38-33-27)26-11-12-35(21(4)36)16-20(26)3/h7-10,13-15,19-20,26,37H,11-12,16-18H2,1-6H3/t20-,26+,30?/m1/s1. The second-order valence-corrected chi connectivity index (χ2v) is 12.0. The predicted octanol–water partition coefficient (Wildman–Crippen LogP) is 4.41. The van der Waals surface area contributed by atoms with Crippen LogP contribution < -0.4 is 0 Å². The number of pyridine rings is 1. The number of aliphatic hydroxyl groups is 1. The maximum absolute atomic E-state index is 12.5. The lowest BCUT2D eigenvalue weighted by Crippen LogP contribution is -2.63. The highest BCUT2D eigenvalue weighted by molar-refractivity contribution is 5.73. The van der Waals surface area contributed by atoms with Gasteiger partial charge in [0.05, 0.1) is 0 Å². The highest BCUT2D eigenvalue weighted by Crippen LogP contribution is 2.50. The maximum atomic E-state index is 12.5. The van der Waals surface area contributed by atoms with E-state index in [0.29, 0.717) is 36.3 Å². The summed E-state index contributed by atoms with van der Waals surface area (Å²) in [6.45, 7) is 13.1. The zero-order valence-corrected chi connectivity index (χ0v) is 23.3. The summed E-state index contributed by atoms with van der Waals surface area (Å²) in [4.78, 5) is 25.2. The number of piperidine rings is 1. The van der Waals surface area contributed by atoms with Crippen molar-refractivity contribution in [2.75, 3.05) is 33.2 Å². The van der Waals surface area contributed by atoms with Crippen molar-refractivity contribution in [2.45, 2.75) is 58.5 Å². The van der Waals surface area contributed by atoms with E-state index in [1.54, 1.807) is 19.3 Å². The SMILES string of the molecule is CC(=O)N1CC[C@H](c2nc(-c3cncc(C(O)(c4ccc(C(C)C)cc4)C4(C)CN(C)C4)c3)no2)[C@H](C)C1. The van der Waals surface area contributed by atoms with E-state index >= 15 is 0 Å². The summed E-state index contributed by atoms with van der Waals surface area (Å²) in [6, 6.07) is 10.3. The molecule has 3 aromatic rings. The summed E-state index contributed by atoms with van der Waals surface area (Å²) < 4.78 is 5.72. The fraction of sp³-hybridized carbons (Fsp3) is 0.533. The lowest BCUT2D eigenvalue weighted by atomic mass is 9.62. The van der Waals surface area contributed by atoms with E-state index in [0.717, 1.165) is 30.6 Å². The molecule has 2 fully saturated rings. The van der Waals surface area contributed by atoms with Gasteiger partial charge < -0.3 is 19.4 Å². The Morgan fingerprint density at radius 1 is 1.18 bits per heavy atom. The number of aromatic nitrogens is 3. The Bertz CT molecular complexity index is 1300. The number of hydrogen-bond acceptors (Lipinski definition) is 7. The second kappa shape index (κ2) is 9.89. The minimum absolute atomic E-state index is 0.0992. The molecule has 5 rings (SSSR count). The Hall–Kier alpha value is -3.10. The van der Waals surface area contributed by atoms with Gasteiger partial charge in [0, 0.05) is 68.0 Å². The summed E-state index contributed by atoms with van der Waals surface area (Å²) in [7, 11) is 2.07. The van der Waals surface area contributed by atoms with Crippen LogP contribution in [0.15, 0.2) is 47.2 Å². The first-order chi connectivity index (χ1) is 18.0. The average Bonchev–Trinajstić information content (AvgIpc) is 3.37. The fourth-order valence-corrected chi connectivity index (χ4v) is 6.41. The highest BCUT2D eigenvalue weighted by Gasteiger charge is 2.55. The maximum Gasteiger partial charge on any atom is 0.230 e. The van der Waals surface area contributed by atoms with Gasteiger partial charge in [-0.25, -0.2) is 0 Å². The van der Waals surface area contributed by atoms with Gasteiger partial charge in [-0.15, -0.1) is 0 Å². The van der Waals surface area contributed by atoms with E-state index in [1.165, 1.54) is 5.56 Å². The second-order valence-electron chi connectivity index (χ2n) is 12.0. The van der Waals surface area contributed by atoms with Crippen LogP contribution in [0, 0.1) is 11.3 Å². The Balaban J connectivity index is 1.48. The van der Waals surface area contributed by atoms with Crippen LogP contribution >= 0.6 is 0 Å². The number of hydrogen-bond donors (Lipinski definition) is 1. The van der Waals surface area contributed by atoms with Crippen LogP contribution in [-0.2, 0) is 10.4 Å². The number of carbonyl (C=O) groups is 1. The molecule has 0 radical (unpaired) electrons. The normalized spacial score (nSPS) is 23.2. The van der Waals surface area contributed by atoms with Gasteiger partial charge in [-0.05, 0) is 42.5 Å². The number of amides is 1. The molecule has 1 aromatic carbocycles. The lowest BCUT2D eigenvalue weighted by molar-refractivity contribution is -0.130. The van der Waals surface area contributed by atoms with Crippen molar-refractivity contribution in [3.63, 3.8) is 0 Å². The van der Waals surface area contributed by atoms with E-state index in [-0.39, 0.29) is 23.2 Å². The molecule has 8 heteroatoms. The molecule has 1 amide bonds. The largest absolute Gasteiger partial charge is 0.380 e. The van der Waals surface area contributed by atoms with Crippen molar-refractivity contribution in [1.82, 2.24) is 24.9 Å².